The largest absolute Gasteiger partial charge is 0.391 e. The summed E-state index contributed by atoms with van der Waals surface area (Å²) >= 11 is 5.99. The van der Waals surface area contributed by atoms with Gasteiger partial charge in [-0.3, -0.25) is 25.6 Å². The number of hydrogen-bond donors (Lipinski definition) is 4. The summed E-state index contributed by atoms with van der Waals surface area (Å²) in [6, 6.07) is 0. The zero-order valence-electron chi connectivity index (χ0n) is 17.6. The number of anilines is 2. The molecule has 0 bridgehead atoms. The van der Waals surface area contributed by atoms with Crippen LogP contribution in [0, 0.1) is 23.1 Å². The van der Waals surface area contributed by atoms with E-state index in [1.807, 2.05) is 0 Å². The maximum Gasteiger partial charge on any atom is 0.243 e. The van der Waals surface area contributed by atoms with Crippen LogP contribution < -0.4 is 15.8 Å². The first-order chi connectivity index (χ1) is 15.3. The van der Waals surface area contributed by atoms with Crippen LogP contribution in [0.5, 0.6) is 0 Å². The zero-order chi connectivity index (χ0) is 22.9. The summed E-state index contributed by atoms with van der Waals surface area (Å²) in [6.07, 6.45) is 6.14. The summed E-state index contributed by atoms with van der Waals surface area (Å²) < 4.78 is 15.1. The Kier molecular flexibility index (Phi) is 6.68. The van der Waals surface area contributed by atoms with Gasteiger partial charge in [-0.25, -0.2) is 5.06 Å². The second-order valence-electron chi connectivity index (χ2n) is 9.16. The first kappa shape index (κ1) is 22.9. The molecular weight excluding hydrogens is 443 g/mol. The van der Waals surface area contributed by atoms with Gasteiger partial charge in [-0.05, 0) is 36.8 Å². The quantitative estimate of drug-likeness (QED) is 0.186. The van der Waals surface area contributed by atoms with E-state index in [9.17, 15) is 19.9 Å². The number of carbonyl (C=O) groups is 2. The lowest BCUT2D eigenvalue weighted by molar-refractivity contribution is -0.154. The topological polar surface area (TPSA) is 131 Å². The van der Waals surface area contributed by atoms with Crippen molar-refractivity contribution in [2.75, 3.05) is 30.0 Å². The maximum atomic E-state index is 15.1. The number of rotatable bonds is 9. The van der Waals surface area contributed by atoms with Crippen LogP contribution in [0.2, 0.25) is 5.28 Å². The molecule has 2 saturated carbocycles. The van der Waals surface area contributed by atoms with Crippen molar-refractivity contribution in [3.05, 3.63) is 11.1 Å². The van der Waals surface area contributed by atoms with Crippen molar-refractivity contribution < 1.29 is 24.3 Å². The molecule has 1 spiro atoms. The number of β-amino-alcohol motifs (C(OH)–C–C–N with tert-alkyl or cyclic N) is 1. The number of carbonyl (C=O) groups excluding carboxylic acids is 2. The zero-order valence-corrected chi connectivity index (χ0v) is 18.4. The molecule has 4 N–H and O–H groups in total. The highest BCUT2D eigenvalue weighted by Gasteiger charge is 2.55. The first-order valence-electron chi connectivity index (χ1n) is 10.9. The monoisotopic (exact) mass is 470 g/mol. The maximum absolute atomic E-state index is 15.1. The first-order valence-corrected chi connectivity index (χ1v) is 11.3. The van der Waals surface area contributed by atoms with Gasteiger partial charge in [-0.15, -0.1) is 0 Å². The third-order valence-corrected chi connectivity index (χ3v) is 7.07. The molecule has 1 aromatic rings. The molecule has 3 aliphatic rings. The fourth-order valence-corrected chi connectivity index (χ4v) is 5.04. The smallest absolute Gasteiger partial charge is 0.243 e. The number of halogens is 2. The van der Waals surface area contributed by atoms with Crippen molar-refractivity contribution in [2.24, 2.45) is 17.3 Å². The number of hydroxylamine groups is 2. The summed E-state index contributed by atoms with van der Waals surface area (Å²) in [5.74, 6) is -1.96. The van der Waals surface area contributed by atoms with Gasteiger partial charge >= 0.3 is 0 Å². The summed E-state index contributed by atoms with van der Waals surface area (Å²) in [4.78, 5) is 33.0. The van der Waals surface area contributed by atoms with E-state index in [-0.39, 0.29) is 41.8 Å². The fraction of sp³-hybridized carbons (Fsp3) is 0.700. The Morgan fingerprint density at radius 1 is 1.38 bits per heavy atom. The summed E-state index contributed by atoms with van der Waals surface area (Å²) in [5.41, 5.74) is 4.70. The molecule has 32 heavy (non-hydrogen) atoms. The molecule has 1 aliphatic heterocycles. The number of aliphatic hydroxyl groups is 1. The van der Waals surface area contributed by atoms with Crippen molar-refractivity contribution in [1.82, 2.24) is 20.5 Å². The van der Waals surface area contributed by atoms with Crippen LogP contribution in [0.25, 0.3) is 0 Å². The molecule has 1 saturated heterocycles. The molecule has 0 aromatic carbocycles. The number of hydrogen-bond acceptors (Lipinski definition) is 8. The van der Waals surface area contributed by atoms with E-state index in [1.54, 1.807) is 4.90 Å². The van der Waals surface area contributed by atoms with E-state index in [0.29, 0.717) is 23.9 Å². The number of aliphatic hydroxyl groups excluding tert-OH is 1. The Morgan fingerprint density at radius 2 is 2.09 bits per heavy atom. The molecule has 2 atom stereocenters. The molecule has 1 unspecified atom stereocenters. The van der Waals surface area contributed by atoms with E-state index in [4.69, 9.17) is 11.6 Å². The predicted octanol–water partition coefficient (Wildman–Crippen LogP) is 1.72. The van der Waals surface area contributed by atoms with Crippen LogP contribution in [0.3, 0.4) is 0 Å². The minimum Gasteiger partial charge on any atom is -0.391 e. The molecule has 1 aromatic heterocycles. The molecule has 3 fully saturated rings. The van der Waals surface area contributed by atoms with E-state index in [0.717, 1.165) is 38.5 Å². The Hall–Kier alpha value is -2.24. The van der Waals surface area contributed by atoms with Crippen molar-refractivity contribution in [1.29, 1.82) is 0 Å². The van der Waals surface area contributed by atoms with Gasteiger partial charge in [0.25, 0.3) is 0 Å². The number of nitrogens with zero attached hydrogens (tertiary/aromatic N) is 4. The van der Waals surface area contributed by atoms with Crippen LogP contribution in [-0.4, -0.2) is 63.4 Å². The van der Waals surface area contributed by atoms with E-state index < -0.39 is 23.7 Å². The molecule has 0 radical (unpaired) electrons. The molecule has 10 nitrogen and oxygen atoms in total. The third-order valence-electron chi connectivity index (χ3n) is 6.90. The Balaban J connectivity index is 1.44. The molecule has 2 aliphatic carbocycles. The van der Waals surface area contributed by atoms with E-state index in [1.165, 1.54) is 0 Å². The van der Waals surface area contributed by atoms with Crippen molar-refractivity contribution in [3.63, 3.8) is 0 Å². The van der Waals surface area contributed by atoms with Crippen molar-refractivity contribution >= 4 is 35.6 Å². The number of aromatic nitrogens is 2. The number of amides is 2. The number of hydrazine groups is 1. The Labute approximate surface area is 190 Å². The van der Waals surface area contributed by atoms with Crippen molar-refractivity contribution in [3.8, 4) is 0 Å². The van der Waals surface area contributed by atoms with Crippen LogP contribution >= 0.6 is 11.6 Å². The molecule has 4 rings (SSSR count). The Morgan fingerprint density at radius 3 is 2.72 bits per heavy atom. The molecule has 2 amide bonds. The summed E-state index contributed by atoms with van der Waals surface area (Å²) in [5, 5.41) is 20.1. The third kappa shape index (κ3) is 4.89. The van der Waals surface area contributed by atoms with Gasteiger partial charge in [-0.1, -0.05) is 25.7 Å². The van der Waals surface area contributed by atoms with Crippen LogP contribution in [0.1, 0.15) is 44.9 Å². The molecule has 12 heteroatoms. The van der Waals surface area contributed by atoms with Crippen molar-refractivity contribution in [2.45, 2.75) is 51.0 Å². The highest BCUT2D eigenvalue weighted by atomic mass is 35.5. The van der Waals surface area contributed by atoms with Gasteiger partial charge in [-0.2, -0.15) is 14.4 Å². The van der Waals surface area contributed by atoms with Gasteiger partial charge in [0.15, 0.2) is 11.6 Å². The molecule has 2 heterocycles. The standard InChI is InChI=1S/C20H28ClFN6O4/c21-19-23-16(15(22)17(24-19)27-9-14(30)20(10-27)5-6-20)25-26-18(31)13(8-28(32)11-29)7-12-3-1-2-4-12/h11-14,30,32H,1-10H2,(H,26,31)(H,23,24,25)/t13-,14?/m1/s1. The minimum atomic E-state index is -0.788. The highest BCUT2D eigenvalue weighted by Crippen LogP contribution is 2.53. The second kappa shape index (κ2) is 9.32. The minimum absolute atomic E-state index is 0.0328. The van der Waals surface area contributed by atoms with Gasteiger partial charge in [0.05, 0.1) is 18.6 Å². The number of nitrogens with one attached hydrogen (secondary N) is 2. The normalized spacial score (nSPS) is 22.8. The van der Waals surface area contributed by atoms with E-state index >= 15 is 4.39 Å². The lowest BCUT2D eigenvalue weighted by Crippen LogP contribution is -2.41. The van der Waals surface area contributed by atoms with Gasteiger partial charge in [0.1, 0.15) is 0 Å². The van der Waals surface area contributed by atoms with Gasteiger partial charge < -0.3 is 10.0 Å². The average Bonchev–Trinajstić information content (AvgIpc) is 3.23. The Bertz CT molecular complexity index is 867. The molecular formula is C20H28ClFN6O4. The van der Waals surface area contributed by atoms with Crippen LogP contribution in [-0.2, 0) is 9.59 Å². The van der Waals surface area contributed by atoms with Crippen LogP contribution in [0.15, 0.2) is 0 Å². The van der Waals surface area contributed by atoms with E-state index in [2.05, 4.69) is 20.8 Å². The summed E-state index contributed by atoms with van der Waals surface area (Å²) in [6.45, 7) is 0.558. The fourth-order valence-electron chi connectivity index (χ4n) is 4.87. The van der Waals surface area contributed by atoms with Crippen LogP contribution in [0.4, 0.5) is 16.0 Å². The second-order valence-corrected chi connectivity index (χ2v) is 9.50. The molecule has 176 valence electrons. The van der Waals surface area contributed by atoms with Gasteiger partial charge in [0, 0.05) is 18.5 Å². The lowest BCUT2D eigenvalue weighted by atomic mass is 9.92. The summed E-state index contributed by atoms with van der Waals surface area (Å²) in [7, 11) is 0. The van der Waals surface area contributed by atoms with Gasteiger partial charge in [0.2, 0.25) is 23.4 Å². The average molecular weight is 471 g/mol. The highest BCUT2D eigenvalue weighted by molar-refractivity contribution is 6.28. The predicted molar refractivity (Wildman–Crippen MR) is 113 cm³/mol. The lowest BCUT2D eigenvalue weighted by Gasteiger charge is -2.23. The SMILES string of the molecule is O=CN(O)C[C@@H](CC1CCCC1)C(=O)NNc1nc(Cl)nc(N2CC(O)C3(CC3)C2)c1F.